The van der Waals surface area contributed by atoms with Crippen LogP contribution in [0.3, 0.4) is 0 Å². The third kappa shape index (κ3) is 3.44. The first-order valence-corrected chi connectivity index (χ1v) is 6.08. The molecule has 0 spiro atoms. The van der Waals surface area contributed by atoms with Gasteiger partial charge >= 0.3 is 6.18 Å². The molecule has 0 bridgehead atoms. The first kappa shape index (κ1) is 13.8. The molecule has 1 N–H and O–H groups in total. The Morgan fingerprint density at radius 3 is 2.42 bits per heavy atom. The van der Waals surface area contributed by atoms with Crippen molar-refractivity contribution in [3.05, 3.63) is 46.3 Å². The van der Waals surface area contributed by atoms with E-state index in [2.05, 4.69) is 31.2 Å². The van der Waals surface area contributed by atoms with Crippen LogP contribution in [0.2, 0.25) is 0 Å². The second kappa shape index (κ2) is 5.16. The molecule has 0 saturated carbocycles. The second-order valence-electron chi connectivity index (χ2n) is 3.90. The van der Waals surface area contributed by atoms with Crippen LogP contribution in [0.25, 0.3) is 0 Å². The van der Waals surface area contributed by atoms with Crippen LogP contribution in [0.5, 0.6) is 0 Å². The third-order valence-corrected chi connectivity index (χ3v) is 2.90. The summed E-state index contributed by atoms with van der Waals surface area (Å²) in [5, 5.41) is 2.89. The smallest absolute Gasteiger partial charge is 0.338 e. The largest absolute Gasteiger partial charge is 0.433 e. The molecule has 0 aromatic carbocycles. The molecule has 0 unspecified atom stereocenters. The molecule has 3 nitrogen and oxygen atoms in total. The van der Waals surface area contributed by atoms with Crippen LogP contribution in [0.15, 0.2) is 35.1 Å². The molecule has 0 amide bonds. The number of aromatic nitrogens is 2. The number of hydrogen-bond donors (Lipinski definition) is 1. The minimum absolute atomic E-state index is 0.435. The molecule has 19 heavy (non-hydrogen) atoms. The van der Waals surface area contributed by atoms with E-state index in [1.807, 2.05) is 13.0 Å². The van der Waals surface area contributed by atoms with Gasteiger partial charge in [-0.2, -0.15) is 13.2 Å². The molecule has 7 heteroatoms. The van der Waals surface area contributed by atoms with E-state index in [9.17, 15) is 13.2 Å². The fourth-order valence-corrected chi connectivity index (χ4v) is 1.96. The van der Waals surface area contributed by atoms with E-state index < -0.39 is 11.9 Å². The van der Waals surface area contributed by atoms with Gasteiger partial charge in [-0.25, -0.2) is 9.97 Å². The summed E-state index contributed by atoms with van der Waals surface area (Å²) in [6.07, 6.45) is -1.65. The quantitative estimate of drug-likeness (QED) is 0.891. The summed E-state index contributed by atoms with van der Waals surface area (Å²) in [5.74, 6) is 0.521. The van der Waals surface area contributed by atoms with Gasteiger partial charge in [0.25, 0.3) is 0 Å². The predicted molar refractivity (Wildman–Crippen MR) is 69.2 cm³/mol. The van der Waals surface area contributed by atoms with E-state index in [1.165, 1.54) is 6.07 Å². The lowest BCUT2D eigenvalue weighted by Gasteiger charge is -2.09. The van der Waals surface area contributed by atoms with E-state index in [4.69, 9.17) is 0 Å². The Kier molecular flexibility index (Phi) is 3.75. The summed E-state index contributed by atoms with van der Waals surface area (Å²) in [6, 6.07) is 4.08. The van der Waals surface area contributed by atoms with Crippen molar-refractivity contribution in [2.24, 2.45) is 0 Å². The lowest BCUT2D eigenvalue weighted by atomic mass is 10.3. The number of alkyl halides is 3. The van der Waals surface area contributed by atoms with Gasteiger partial charge in [0.2, 0.25) is 0 Å². The second-order valence-corrected chi connectivity index (χ2v) is 4.75. The van der Waals surface area contributed by atoms with Crippen molar-refractivity contribution >= 4 is 27.4 Å². The van der Waals surface area contributed by atoms with E-state index in [0.717, 1.165) is 22.3 Å². The van der Waals surface area contributed by atoms with Crippen molar-refractivity contribution in [3.8, 4) is 0 Å². The zero-order chi connectivity index (χ0) is 14.0. The molecule has 2 aromatic heterocycles. The van der Waals surface area contributed by atoms with Crippen molar-refractivity contribution in [2.75, 3.05) is 5.32 Å². The van der Waals surface area contributed by atoms with Crippen LogP contribution in [0.4, 0.5) is 24.7 Å². The van der Waals surface area contributed by atoms with Crippen LogP contribution in [-0.4, -0.2) is 9.97 Å². The van der Waals surface area contributed by atoms with Gasteiger partial charge in [0.05, 0.1) is 16.4 Å². The van der Waals surface area contributed by atoms with E-state index in [1.54, 1.807) is 6.20 Å². The van der Waals surface area contributed by atoms with Gasteiger partial charge in [-0.3, -0.25) is 0 Å². The average molecular weight is 332 g/mol. The van der Waals surface area contributed by atoms with Crippen LogP contribution < -0.4 is 5.32 Å². The number of nitrogens with zero attached hydrogens (tertiary/aromatic N) is 2. The SMILES string of the molecule is Cc1cnc(Nc2ccc(C(F)(F)F)nc2)c(Br)c1. The maximum Gasteiger partial charge on any atom is 0.433 e. The molecule has 2 aromatic rings. The topological polar surface area (TPSA) is 37.8 Å². The molecule has 0 radical (unpaired) electrons. The molecule has 2 heterocycles. The highest BCUT2D eigenvalue weighted by Crippen LogP contribution is 2.29. The summed E-state index contributed by atoms with van der Waals surface area (Å²) in [7, 11) is 0. The van der Waals surface area contributed by atoms with Crippen LogP contribution >= 0.6 is 15.9 Å². The molecule has 0 saturated heterocycles. The Morgan fingerprint density at radius 2 is 1.89 bits per heavy atom. The highest BCUT2D eigenvalue weighted by atomic mass is 79.9. The zero-order valence-electron chi connectivity index (χ0n) is 9.79. The number of pyridine rings is 2. The molecule has 2 rings (SSSR count). The summed E-state index contributed by atoms with van der Waals surface area (Å²) >= 11 is 3.33. The number of nitrogens with one attached hydrogen (secondary N) is 1. The fourth-order valence-electron chi connectivity index (χ4n) is 1.40. The number of halogens is 4. The van der Waals surface area contributed by atoms with E-state index in [-0.39, 0.29) is 0 Å². The minimum atomic E-state index is -4.43. The molecular formula is C12H9BrF3N3. The van der Waals surface area contributed by atoms with Crippen molar-refractivity contribution in [1.29, 1.82) is 0 Å². The van der Waals surface area contributed by atoms with Crippen molar-refractivity contribution in [3.63, 3.8) is 0 Å². The summed E-state index contributed by atoms with van der Waals surface area (Å²) in [5.41, 5.74) is 0.488. The molecule has 0 fully saturated rings. The van der Waals surface area contributed by atoms with Gasteiger partial charge < -0.3 is 5.32 Å². The fraction of sp³-hybridized carbons (Fsp3) is 0.167. The van der Waals surface area contributed by atoms with Gasteiger partial charge in [-0.05, 0) is 46.6 Å². The molecule has 0 atom stereocenters. The molecule has 0 aliphatic rings. The third-order valence-electron chi connectivity index (χ3n) is 2.29. The maximum atomic E-state index is 12.4. The van der Waals surface area contributed by atoms with Crippen LogP contribution in [0.1, 0.15) is 11.3 Å². The molecule has 0 aliphatic heterocycles. The van der Waals surface area contributed by atoms with Gasteiger partial charge in [0.15, 0.2) is 0 Å². The van der Waals surface area contributed by atoms with Gasteiger partial charge in [0, 0.05) is 6.20 Å². The highest BCUT2D eigenvalue weighted by Gasteiger charge is 2.32. The number of anilines is 2. The minimum Gasteiger partial charge on any atom is -0.338 e. The Labute approximate surface area is 116 Å². The number of aryl methyl sites for hydroxylation is 1. The summed E-state index contributed by atoms with van der Waals surface area (Å²) < 4.78 is 37.8. The molecular weight excluding hydrogens is 323 g/mol. The number of rotatable bonds is 2. The Morgan fingerprint density at radius 1 is 1.16 bits per heavy atom. The molecule has 0 aliphatic carbocycles. The first-order valence-electron chi connectivity index (χ1n) is 5.28. The lowest BCUT2D eigenvalue weighted by molar-refractivity contribution is -0.141. The maximum absolute atomic E-state index is 12.4. The Bertz CT molecular complexity index is 582. The van der Waals surface area contributed by atoms with Crippen LogP contribution in [0, 0.1) is 6.92 Å². The van der Waals surface area contributed by atoms with Crippen molar-refractivity contribution in [1.82, 2.24) is 9.97 Å². The normalized spacial score (nSPS) is 11.4. The Hall–Kier alpha value is -1.63. The average Bonchev–Trinajstić information content (AvgIpc) is 2.32. The summed E-state index contributed by atoms with van der Waals surface area (Å²) in [6.45, 7) is 1.89. The van der Waals surface area contributed by atoms with Crippen molar-refractivity contribution < 1.29 is 13.2 Å². The summed E-state index contributed by atoms with van der Waals surface area (Å²) in [4.78, 5) is 7.50. The zero-order valence-corrected chi connectivity index (χ0v) is 11.4. The van der Waals surface area contributed by atoms with Gasteiger partial charge in [-0.1, -0.05) is 0 Å². The lowest BCUT2D eigenvalue weighted by Crippen LogP contribution is -2.07. The van der Waals surface area contributed by atoms with E-state index >= 15 is 0 Å². The van der Waals surface area contributed by atoms with Crippen molar-refractivity contribution in [2.45, 2.75) is 13.1 Å². The van der Waals surface area contributed by atoms with Gasteiger partial charge in [0.1, 0.15) is 11.5 Å². The predicted octanol–water partition coefficient (Wildman–Crippen LogP) is 4.31. The highest BCUT2D eigenvalue weighted by molar-refractivity contribution is 9.10. The first-order chi connectivity index (χ1) is 8.86. The standard InChI is InChI=1S/C12H9BrF3N3/c1-7-4-9(13)11(18-5-7)19-8-2-3-10(17-6-8)12(14,15)16/h2-6H,1H3,(H,18,19). The Balaban J connectivity index is 2.20. The van der Waals surface area contributed by atoms with E-state index in [0.29, 0.717) is 11.5 Å². The number of hydrogen-bond acceptors (Lipinski definition) is 3. The monoisotopic (exact) mass is 331 g/mol. The van der Waals surface area contributed by atoms with Crippen LogP contribution in [-0.2, 0) is 6.18 Å². The molecule has 100 valence electrons. The van der Waals surface area contributed by atoms with Gasteiger partial charge in [-0.15, -0.1) is 0 Å².